The van der Waals surface area contributed by atoms with Gasteiger partial charge in [0.1, 0.15) is 0 Å². The molecule has 0 saturated carbocycles. The Bertz CT molecular complexity index is 298. The summed E-state index contributed by atoms with van der Waals surface area (Å²) < 4.78 is 0. The van der Waals surface area contributed by atoms with E-state index < -0.39 is 0 Å². The van der Waals surface area contributed by atoms with Crippen LogP contribution >= 0.6 is 0 Å². The molecule has 0 unspecified atom stereocenters. The Morgan fingerprint density at radius 1 is 1.38 bits per heavy atom. The summed E-state index contributed by atoms with van der Waals surface area (Å²) in [6, 6.07) is 8.28. The van der Waals surface area contributed by atoms with Gasteiger partial charge in [0, 0.05) is 18.6 Å². The molecular formula is C11H15NO. The summed E-state index contributed by atoms with van der Waals surface area (Å²) in [6.07, 6.45) is 2.06. The molecule has 1 aliphatic rings. The van der Waals surface area contributed by atoms with Crippen LogP contribution in [0.2, 0.25) is 0 Å². The molecule has 0 bridgehead atoms. The van der Waals surface area contributed by atoms with Gasteiger partial charge in [-0.05, 0) is 24.0 Å². The third-order valence-corrected chi connectivity index (χ3v) is 2.94. The molecule has 0 fully saturated rings. The van der Waals surface area contributed by atoms with E-state index in [0.29, 0.717) is 0 Å². The van der Waals surface area contributed by atoms with Crippen LogP contribution in [0.3, 0.4) is 0 Å². The van der Waals surface area contributed by atoms with Crippen LogP contribution in [-0.2, 0) is 6.42 Å². The summed E-state index contributed by atoms with van der Waals surface area (Å²) in [7, 11) is 0. The zero-order valence-electron chi connectivity index (χ0n) is 7.61. The van der Waals surface area contributed by atoms with Gasteiger partial charge in [-0.3, -0.25) is 0 Å². The van der Waals surface area contributed by atoms with Crippen molar-refractivity contribution in [1.82, 2.24) is 0 Å². The Hall–Kier alpha value is -0.860. The van der Waals surface area contributed by atoms with Crippen molar-refractivity contribution in [2.24, 2.45) is 11.7 Å². The van der Waals surface area contributed by atoms with E-state index in [2.05, 4.69) is 12.1 Å². The Labute approximate surface area is 78.4 Å². The van der Waals surface area contributed by atoms with Crippen LogP contribution in [-0.4, -0.2) is 11.7 Å². The van der Waals surface area contributed by atoms with Gasteiger partial charge in [0.2, 0.25) is 0 Å². The number of benzene rings is 1. The van der Waals surface area contributed by atoms with Gasteiger partial charge in [0.15, 0.2) is 0 Å². The Morgan fingerprint density at radius 2 is 2.15 bits per heavy atom. The van der Waals surface area contributed by atoms with Crippen molar-refractivity contribution in [3.05, 3.63) is 35.4 Å². The minimum atomic E-state index is 0.0231. The van der Waals surface area contributed by atoms with Crippen molar-refractivity contribution in [3.8, 4) is 0 Å². The number of fused-ring (bicyclic) bond motifs is 1. The monoisotopic (exact) mass is 177 g/mol. The molecule has 1 aromatic rings. The van der Waals surface area contributed by atoms with Gasteiger partial charge in [-0.25, -0.2) is 0 Å². The first-order valence-corrected chi connectivity index (χ1v) is 4.77. The predicted octanol–water partition coefficient (Wildman–Crippen LogP) is 1.24. The third kappa shape index (κ3) is 1.47. The smallest absolute Gasteiger partial charge is 0.0477 e. The van der Waals surface area contributed by atoms with Gasteiger partial charge < -0.3 is 10.8 Å². The normalized spacial score (nSPS) is 26.9. The molecule has 2 heteroatoms. The molecule has 70 valence electrons. The lowest BCUT2D eigenvalue weighted by Gasteiger charge is -2.29. The SMILES string of the molecule is N[C@@H]1c2ccccc2CC[C@H]1CO. The number of nitrogens with two attached hydrogens (primary N) is 1. The fourth-order valence-corrected chi connectivity index (χ4v) is 2.07. The summed E-state index contributed by atoms with van der Waals surface area (Å²) in [6.45, 7) is 0.204. The number of hydrogen-bond donors (Lipinski definition) is 2. The van der Waals surface area contributed by atoms with Crippen molar-refractivity contribution < 1.29 is 5.11 Å². The lowest BCUT2D eigenvalue weighted by atomic mass is 9.81. The van der Waals surface area contributed by atoms with Gasteiger partial charge in [-0.15, -0.1) is 0 Å². The maximum atomic E-state index is 9.11. The minimum absolute atomic E-state index is 0.0231. The van der Waals surface area contributed by atoms with E-state index >= 15 is 0 Å². The van der Waals surface area contributed by atoms with Crippen LogP contribution in [0.5, 0.6) is 0 Å². The Balaban J connectivity index is 2.33. The second-order valence-corrected chi connectivity index (χ2v) is 3.71. The first-order valence-electron chi connectivity index (χ1n) is 4.77. The van der Waals surface area contributed by atoms with E-state index in [1.54, 1.807) is 0 Å². The van der Waals surface area contributed by atoms with Gasteiger partial charge in [-0.2, -0.15) is 0 Å². The second kappa shape index (κ2) is 3.48. The van der Waals surface area contributed by atoms with E-state index in [0.717, 1.165) is 12.8 Å². The zero-order valence-corrected chi connectivity index (χ0v) is 7.61. The molecule has 0 aromatic heterocycles. The van der Waals surface area contributed by atoms with E-state index in [4.69, 9.17) is 10.8 Å². The van der Waals surface area contributed by atoms with Crippen LogP contribution < -0.4 is 5.73 Å². The van der Waals surface area contributed by atoms with Crippen LogP contribution in [0.4, 0.5) is 0 Å². The van der Waals surface area contributed by atoms with Gasteiger partial charge >= 0.3 is 0 Å². The highest BCUT2D eigenvalue weighted by molar-refractivity contribution is 5.32. The molecule has 3 N–H and O–H groups in total. The quantitative estimate of drug-likeness (QED) is 0.678. The number of aliphatic hydroxyl groups excluding tert-OH is 1. The number of aryl methyl sites for hydroxylation is 1. The summed E-state index contributed by atoms with van der Waals surface area (Å²) in [5.74, 6) is 0.245. The highest BCUT2D eigenvalue weighted by atomic mass is 16.3. The zero-order chi connectivity index (χ0) is 9.26. The maximum absolute atomic E-state index is 9.11. The van der Waals surface area contributed by atoms with E-state index in [1.165, 1.54) is 11.1 Å². The van der Waals surface area contributed by atoms with Crippen LogP contribution in [0.15, 0.2) is 24.3 Å². The first kappa shape index (κ1) is 8.73. The van der Waals surface area contributed by atoms with Crippen LogP contribution in [0.1, 0.15) is 23.6 Å². The molecule has 13 heavy (non-hydrogen) atoms. The van der Waals surface area contributed by atoms with Crippen LogP contribution in [0.25, 0.3) is 0 Å². The lowest BCUT2D eigenvalue weighted by molar-refractivity contribution is 0.190. The molecular weight excluding hydrogens is 162 g/mol. The molecule has 2 atom stereocenters. The standard InChI is InChI=1S/C11H15NO/c12-11-9(7-13)6-5-8-3-1-2-4-10(8)11/h1-4,9,11,13H,5-7,12H2/t9-,11-/m0/s1. The third-order valence-electron chi connectivity index (χ3n) is 2.94. The van der Waals surface area contributed by atoms with Gasteiger partial charge in [-0.1, -0.05) is 24.3 Å². The largest absolute Gasteiger partial charge is 0.396 e. The van der Waals surface area contributed by atoms with E-state index in [-0.39, 0.29) is 18.6 Å². The molecule has 0 aliphatic heterocycles. The minimum Gasteiger partial charge on any atom is -0.396 e. The van der Waals surface area contributed by atoms with Crippen molar-refractivity contribution in [2.75, 3.05) is 6.61 Å². The molecule has 0 saturated heterocycles. The fraction of sp³-hybridized carbons (Fsp3) is 0.455. The lowest BCUT2D eigenvalue weighted by Crippen LogP contribution is -2.29. The second-order valence-electron chi connectivity index (χ2n) is 3.71. The molecule has 0 heterocycles. The molecule has 2 rings (SSSR count). The maximum Gasteiger partial charge on any atom is 0.0477 e. The Morgan fingerprint density at radius 3 is 2.92 bits per heavy atom. The van der Waals surface area contributed by atoms with E-state index in [9.17, 15) is 0 Å². The molecule has 0 amide bonds. The topological polar surface area (TPSA) is 46.2 Å². The van der Waals surface area contributed by atoms with Crippen molar-refractivity contribution >= 4 is 0 Å². The highest BCUT2D eigenvalue weighted by Gasteiger charge is 2.25. The van der Waals surface area contributed by atoms with Gasteiger partial charge in [0.25, 0.3) is 0 Å². The highest BCUT2D eigenvalue weighted by Crippen LogP contribution is 2.31. The van der Waals surface area contributed by atoms with Crippen molar-refractivity contribution in [3.63, 3.8) is 0 Å². The molecule has 1 aliphatic carbocycles. The molecule has 2 nitrogen and oxygen atoms in total. The fourth-order valence-electron chi connectivity index (χ4n) is 2.07. The summed E-state index contributed by atoms with van der Waals surface area (Å²) in [5.41, 5.74) is 8.60. The molecule has 0 radical (unpaired) electrons. The number of rotatable bonds is 1. The Kier molecular flexibility index (Phi) is 2.34. The summed E-state index contributed by atoms with van der Waals surface area (Å²) in [4.78, 5) is 0. The first-order chi connectivity index (χ1) is 6.33. The van der Waals surface area contributed by atoms with E-state index in [1.807, 2.05) is 12.1 Å². The average Bonchev–Trinajstić information content (AvgIpc) is 2.19. The number of aliphatic hydroxyl groups is 1. The van der Waals surface area contributed by atoms with Crippen molar-refractivity contribution in [1.29, 1.82) is 0 Å². The average molecular weight is 177 g/mol. The predicted molar refractivity (Wildman–Crippen MR) is 52.3 cm³/mol. The number of hydrogen-bond acceptors (Lipinski definition) is 2. The van der Waals surface area contributed by atoms with Crippen molar-refractivity contribution in [2.45, 2.75) is 18.9 Å². The molecule has 1 aromatic carbocycles. The van der Waals surface area contributed by atoms with Crippen LogP contribution in [0, 0.1) is 5.92 Å². The molecule has 0 spiro atoms. The summed E-state index contributed by atoms with van der Waals surface area (Å²) in [5, 5.41) is 9.11. The van der Waals surface area contributed by atoms with Gasteiger partial charge in [0.05, 0.1) is 0 Å². The summed E-state index contributed by atoms with van der Waals surface area (Å²) >= 11 is 0.